The van der Waals surface area contributed by atoms with Crippen LogP contribution in [0.2, 0.25) is 0 Å². The van der Waals surface area contributed by atoms with Gasteiger partial charge in [-0.1, -0.05) is 12.1 Å². The minimum absolute atomic E-state index is 0.620. The largest absolute Gasteiger partial charge is 0.497 e. The first kappa shape index (κ1) is 8.51. The molecule has 0 aliphatic rings. The average molecular weight is 170 g/mol. The molecule has 1 aromatic carbocycles. The van der Waals surface area contributed by atoms with Gasteiger partial charge in [-0.05, 0) is 17.7 Å². The highest BCUT2D eigenvalue weighted by Gasteiger charge is 1.91. The zero-order chi connectivity index (χ0) is 8.10. The molecule has 2 nitrogen and oxygen atoms in total. The SMILES string of the molecule is COc1ccc(COP)cc1. The first-order valence-electron chi connectivity index (χ1n) is 3.31. The van der Waals surface area contributed by atoms with Crippen molar-refractivity contribution in [1.29, 1.82) is 0 Å². The third-order valence-corrected chi connectivity index (χ3v) is 1.58. The van der Waals surface area contributed by atoms with E-state index in [4.69, 9.17) is 9.26 Å². The molecule has 3 heteroatoms. The van der Waals surface area contributed by atoms with Gasteiger partial charge in [-0.2, -0.15) is 0 Å². The van der Waals surface area contributed by atoms with Crippen LogP contribution in [0.3, 0.4) is 0 Å². The Morgan fingerprint density at radius 1 is 1.27 bits per heavy atom. The van der Waals surface area contributed by atoms with Gasteiger partial charge in [-0.25, -0.2) is 0 Å². The van der Waals surface area contributed by atoms with Crippen molar-refractivity contribution in [3.63, 3.8) is 0 Å². The van der Waals surface area contributed by atoms with E-state index in [9.17, 15) is 0 Å². The highest BCUT2D eigenvalue weighted by Crippen LogP contribution is 2.12. The van der Waals surface area contributed by atoms with E-state index in [0.717, 1.165) is 11.3 Å². The monoisotopic (exact) mass is 170 g/mol. The highest BCUT2D eigenvalue weighted by atomic mass is 31.0. The molecule has 1 atom stereocenters. The third-order valence-electron chi connectivity index (χ3n) is 1.41. The maximum absolute atomic E-state index is 5.00. The maximum atomic E-state index is 5.00. The Morgan fingerprint density at radius 3 is 2.36 bits per heavy atom. The molecule has 0 aliphatic carbocycles. The predicted molar refractivity (Wildman–Crippen MR) is 47.5 cm³/mol. The lowest BCUT2D eigenvalue weighted by Gasteiger charge is -2.01. The van der Waals surface area contributed by atoms with Crippen molar-refractivity contribution in [3.8, 4) is 5.75 Å². The van der Waals surface area contributed by atoms with Crippen LogP contribution in [0.1, 0.15) is 5.56 Å². The van der Waals surface area contributed by atoms with E-state index >= 15 is 0 Å². The molecule has 11 heavy (non-hydrogen) atoms. The molecule has 0 fully saturated rings. The molecule has 0 radical (unpaired) electrons. The van der Waals surface area contributed by atoms with E-state index < -0.39 is 0 Å². The first-order chi connectivity index (χ1) is 5.36. The van der Waals surface area contributed by atoms with Gasteiger partial charge in [0.2, 0.25) is 0 Å². The molecule has 0 N–H and O–H groups in total. The molecule has 0 aromatic heterocycles. The van der Waals surface area contributed by atoms with Gasteiger partial charge < -0.3 is 9.26 Å². The number of benzene rings is 1. The molecule has 1 rings (SSSR count). The molecule has 0 saturated carbocycles. The molecule has 0 bridgehead atoms. The Hall–Kier alpha value is -0.590. The smallest absolute Gasteiger partial charge is 0.118 e. The van der Waals surface area contributed by atoms with Gasteiger partial charge in [0.1, 0.15) is 5.75 Å². The zero-order valence-electron chi connectivity index (χ0n) is 6.41. The Balaban J connectivity index is 2.66. The van der Waals surface area contributed by atoms with Crippen molar-refractivity contribution >= 4 is 9.47 Å². The molecule has 60 valence electrons. The third kappa shape index (κ3) is 2.49. The van der Waals surface area contributed by atoms with Crippen molar-refractivity contribution in [1.82, 2.24) is 0 Å². The summed E-state index contributed by atoms with van der Waals surface area (Å²) in [4.78, 5) is 0. The lowest BCUT2D eigenvalue weighted by molar-refractivity contribution is 0.361. The Morgan fingerprint density at radius 2 is 1.91 bits per heavy atom. The summed E-state index contributed by atoms with van der Waals surface area (Å²) in [6.45, 7) is 0.620. The summed E-state index contributed by atoms with van der Waals surface area (Å²) in [7, 11) is 3.87. The molecule has 0 spiro atoms. The zero-order valence-corrected chi connectivity index (χ0v) is 7.57. The van der Waals surface area contributed by atoms with Gasteiger partial charge in [0.15, 0.2) is 0 Å². The average Bonchev–Trinajstić information content (AvgIpc) is 2.07. The molecule has 0 amide bonds. The van der Waals surface area contributed by atoms with Crippen LogP contribution in [0.25, 0.3) is 0 Å². The van der Waals surface area contributed by atoms with Gasteiger partial charge in [0.25, 0.3) is 0 Å². The van der Waals surface area contributed by atoms with Gasteiger partial charge in [0.05, 0.1) is 13.7 Å². The van der Waals surface area contributed by atoms with Crippen LogP contribution >= 0.6 is 9.47 Å². The summed E-state index contributed by atoms with van der Waals surface area (Å²) in [5, 5.41) is 0. The minimum atomic E-state index is 0.620. The number of hydrogen-bond donors (Lipinski definition) is 0. The summed E-state index contributed by atoms with van der Waals surface area (Å²) < 4.78 is 9.88. The maximum Gasteiger partial charge on any atom is 0.118 e. The van der Waals surface area contributed by atoms with Crippen LogP contribution in [0.5, 0.6) is 5.75 Å². The molecule has 1 aromatic rings. The van der Waals surface area contributed by atoms with E-state index in [1.165, 1.54) is 0 Å². The summed E-state index contributed by atoms with van der Waals surface area (Å²) in [5.74, 6) is 0.873. The Kier molecular flexibility index (Phi) is 3.34. The fourth-order valence-electron chi connectivity index (χ4n) is 0.818. The van der Waals surface area contributed by atoms with Crippen LogP contribution < -0.4 is 4.74 Å². The van der Waals surface area contributed by atoms with E-state index in [0.29, 0.717) is 6.61 Å². The Bertz CT molecular complexity index is 208. The summed E-state index contributed by atoms with van der Waals surface area (Å²) in [6, 6.07) is 7.78. The van der Waals surface area contributed by atoms with Crippen molar-refractivity contribution < 1.29 is 9.26 Å². The second-order valence-electron chi connectivity index (χ2n) is 2.16. The quantitative estimate of drug-likeness (QED) is 0.646. The second kappa shape index (κ2) is 4.32. The predicted octanol–water partition coefficient (Wildman–Crippen LogP) is 2.00. The normalized spacial score (nSPS) is 9.64. The van der Waals surface area contributed by atoms with Crippen LogP contribution in [0.4, 0.5) is 0 Å². The standard InChI is InChI=1S/C8H11O2P/c1-9-8-4-2-7(3-5-8)6-10-11/h2-5H,6,11H2,1H3. The van der Waals surface area contributed by atoms with Crippen LogP contribution in [-0.4, -0.2) is 7.11 Å². The molecule has 1 unspecified atom stereocenters. The summed E-state index contributed by atoms with van der Waals surface area (Å²) in [5.41, 5.74) is 1.14. The first-order valence-corrected chi connectivity index (χ1v) is 3.78. The van der Waals surface area contributed by atoms with Crippen molar-refractivity contribution in [2.75, 3.05) is 7.11 Å². The van der Waals surface area contributed by atoms with Crippen LogP contribution in [0, 0.1) is 0 Å². The molecule has 0 aliphatic heterocycles. The van der Waals surface area contributed by atoms with Crippen molar-refractivity contribution in [3.05, 3.63) is 29.8 Å². The van der Waals surface area contributed by atoms with Crippen LogP contribution in [0.15, 0.2) is 24.3 Å². The van der Waals surface area contributed by atoms with Gasteiger partial charge in [-0.3, -0.25) is 0 Å². The van der Waals surface area contributed by atoms with E-state index in [1.807, 2.05) is 24.3 Å². The van der Waals surface area contributed by atoms with Crippen molar-refractivity contribution in [2.45, 2.75) is 6.61 Å². The Labute approximate surface area is 68.8 Å². The van der Waals surface area contributed by atoms with Crippen LogP contribution in [-0.2, 0) is 11.1 Å². The van der Waals surface area contributed by atoms with Crippen molar-refractivity contribution in [2.24, 2.45) is 0 Å². The lowest BCUT2D eigenvalue weighted by atomic mass is 10.2. The fraction of sp³-hybridized carbons (Fsp3) is 0.250. The highest BCUT2D eigenvalue weighted by molar-refractivity contribution is 7.09. The van der Waals surface area contributed by atoms with E-state index in [1.54, 1.807) is 7.11 Å². The number of hydrogen-bond acceptors (Lipinski definition) is 2. The molecular formula is C8H11O2P. The van der Waals surface area contributed by atoms with Gasteiger partial charge >= 0.3 is 0 Å². The fourth-order valence-corrected chi connectivity index (χ4v) is 1.01. The van der Waals surface area contributed by atoms with E-state index in [-0.39, 0.29) is 0 Å². The molecule has 0 saturated heterocycles. The molecule has 0 heterocycles. The lowest BCUT2D eigenvalue weighted by Crippen LogP contribution is -1.85. The minimum Gasteiger partial charge on any atom is -0.497 e. The number of ether oxygens (including phenoxy) is 1. The van der Waals surface area contributed by atoms with Gasteiger partial charge in [0, 0.05) is 9.47 Å². The summed E-state index contributed by atoms with van der Waals surface area (Å²) in [6.07, 6.45) is 0. The van der Waals surface area contributed by atoms with Gasteiger partial charge in [-0.15, -0.1) is 0 Å². The van der Waals surface area contributed by atoms with E-state index in [2.05, 4.69) is 9.47 Å². The number of rotatable bonds is 3. The molecular weight excluding hydrogens is 159 g/mol. The number of methoxy groups -OCH3 is 1. The second-order valence-corrected chi connectivity index (χ2v) is 2.49. The summed E-state index contributed by atoms with van der Waals surface area (Å²) >= 11 is 0. The topological polar surface area (TPSA) is 18.5 Å².